The Morgan fingerprint density at radius 1 is 1.57 bits per heavy atom. The molecule has 0 aliphatic carbocycles. The number of nitrogens with one attached hydrogen (secondary N) is 2. The van der Waals surface area contributed by atoms with E-state index in [1.165, 1.54) is 0 Å². The second-order valence-corrected chi connectivity index (χ2v) is 3.45. The van der Waals surface area contributed by atoms with Crippen LogP contribution in [-0.4, -0.2) is 28.4 Å². The lowest BCUT2D eigenvalue weighted by molar-refractivity contribution is 0.0821. The van der Waals surface area contributed by atoms with Crippen LogP contribution in [0.3, 0.4) is 0 Å². The first-order valence-electron chi connectivity index (χ1n) is 4.47. The van der Waals surface area contributed by atoms with E-state index in [-0.39, 0.29) is 17.9 Å². The van der Waals surface area contributed by atoms with E-state index >= 15 is 0 Å². The summed E-state index contributed by atoms with van der Waals surface area (Å²) in [5, 5.41) is 18.4. The highest BCUT2D eigenvalue weighted by atomic mass is 16.4. The van der Waals surface area contributed by atoms with E-state index < -0.39 is 11.9 Å². The van der Waals surface area contributed by atoms with Gasteiger partial charge in [0.05, 0.1) is 0 Å². The van der Waals surface area contributed by atoms with Gasteiger partial charge in [-0.2, -0.15) is 0 Å². The maximum absolute atomic E-state index is 10.7. The first-order valence-corrected chi connectivity index (χ1v) is 4.47. The molecule has 0 fully saturated rings. The molecule has 6 nitrogen and oxygen atoms in total. The monoisotopic (exact) mass is 201 g/mol. The Hall–Kier alpha value is -1.14. The van der Waals surface area contributed by atoms with Crippen molar-refractivity contribution in [3.05, 3.63) is 16.4 Å². The van der Waals surface area contributed by atoms with Gasteiger partial charge in [0.2, 0.25) is 5.89 Å². The number of rotatable bonds is 4. The molecule has 1 heterocycles. The molecule has 0 saturated heterocycles. The average Bonchev–Trinajstić information content (AvgIpc) is 2.52. The third-order valence-corrected chi connectivity index (χ3v) is 2.10. The van der Waals surface area contributed by atoms with Gasteiger partial charge in [-0.25, -0.2) is 9.89 Å². The molecule has 3 N–H and O–H groups in total. The summed E-state index contributed by atoms with van der Waals surface area (Å²) in [6.07, 6.45) is -0.918. The highest BCUT2D eigenvalue weighted by molar-refractivity contribution is 4.90. The lowest BCUT2D eigenvalue weighted by Crippen LogP contribution is -2.36. The average molecular weight is 201 g/mol. The summed E-state index contributed by atoms with van der Waals surface area (Å²) in [4.78, 5) is 10.7. The zero-order chi connectivity index (χ0) is 10.7. The summed E-state index contributed by atoms with van der Waals surface area (Å²) >= 11 is 0. The number of aromatic amines is 1. The number of hydrogen-bond donors (Lipinski definition) is 3. The molecule has 0 bridgehead atoms. The standard InChI is InChI=1S/C8H15N3O3/c1-4(2)5(9-3)6(12)7-10-11-8(13)14-7/h4-6,9,12H,1-3H3,(H,11,13). The van der Waals surface area contributed by atoms with Crippen LogP contribution < -0.4 is 11.1 Å². The van der Waals surface area contributed by atoms with E-state index in [0.717, 1.165) is 0 Å². The van der Waals surface area contributed by atoms with Crippen molar-refractivity contribution in [2.24, 2.45) is 5.92 Å². The molecular formula is C8H15N3O3. The predicted molar refractivity (Wildman–Crippen MR) is 49.8 cm³/mol. The molecule has 0 saturated carbocycles. The molecule has 0 aromatic carbocycles. The highest BCUT2D eigenvalue weighted by Gasteiger charge is 2.26. The van der Waals surface area contributed by atoms with Crippen molar-refractivity contribution in [2.45, 2.75) is 26.0 Å². The molecule has 1 rings (SSSR count). The topological polar surface area (TPSA) is 91.1 Å². The third-order valence-electron chi connectivity index (χ3n) is 2.10. The summed E-state index contributed by atoms with van der Waals surface area (Å²) in [6.45, 7) is 3.91. The van der Waals surface area contributed by atoms with Crippen LogP contribution in [0.25, 0.3) is 0 Å². The zero-order valence-corrected chi connectivity index (χ0v) is 8.44. The van der Waals surface area contributed by atoms with Gasteiger partial charge in [-0.3, -0.25) is 0 Å². The van der Waals surface area contributed by atoms with E-state index in [1.54, 1.807) is 7.05 Å². The third kappa shape index (κ3) is 2.21. The first-order chi connectivity index (χ1) is 6.56. The van der Waals surface area contributed by atoms with E-state index in [4.69, 9.17) is 0 Å². The van der Waals surface area contributed by atoms with Crippen molar-refractivity contribution < 1.29 is 9.52 Å². The predicted octanol–water partition coefficient (Wildman–Crippen LogP) is -0.360. The van der Waals surface area contributed by atoms with Gasteiger partial charge in [0.15, 0.2) is 0 Å². The van der Waals surface area contributed by atoms with Crippen LogP contribution in [0.1, 0.15) is 25.8 Å². The van der Waals surface area contributed by atoms with Crippen molar-refractivity contribution in [2.75, 3.05) is 7.05 Å². The normalized spacial score (nSPS) is 15.8. The van der Waals surface area contributed by atoms with Gasteiger partial charge in [-0.15, -0.1) is 5.10 Å². The molecule has 1 aromatic rings. The Labute approximate surface area is 81.3 Å². The van der Waals surface area contributed by atoms with Crippen molar-refractivity contribution in [3.63, 3.8) is 0 Å². The largest absolute Gasteiger partial charge is 0.434 e. The van der Waals surface area contributed by atoms with Crippen LogP contribution >= 0.6 is 0 Å². The van der Waals surface area contributed by atoms with Gasteiger partial charge in [-0.05, 0) is 13.0 Å². The van der Waals surface area contributed by atoms with Crippen LogP contribution in [0.2, 0.25) is 0 Å². The summed E-state index contributed by atoms with van der Waals surface area (Å²) in [5.41, 5.74) is 0. The van der Waals surface area contributed by atoms with Gasteiger partial charge < -0.3 is 14.8 Å². The SMILES string of the molecule is CNC(C(C)C)C(O)c1n[nH]c(=O)o1. The summed E-state index contributed by atoms with van der Waals surface area (Å²) in [6, 6.07) is -0.193. The van der Waals surface area contributed by atoms with Gasteiger partial charge >= 0.3 is 5.76 Å². The molecule has 2 atom stereocenters. The number of aliphatic hydroxyl groups excluding tert-OH is 1. The number of nitrogens with zero attached hydrogens (tertiary/aromatic N) is 1. The number of hydrogen-bond acceptors (Lipinski definition) is 5. The van der Waals surface area contributed by atoms with Crippen molar-refractivity contribution in [1.29, 1.82) is 0 Å². The maximum Gasteiger partial charge on any atom is 0.434 e. The van der Waals surface area contributed by atoms with E-state index in [0.29, 0.717) is 0 Å². The lowest BCUT2D eigenvalue weighted by Gasteiger charge is -2.23. The van der Waals surface area contributed by atoms with E-state index in [1.807, 2.05) is 13.8 Å². The number of aromatic nitrogens is 2. The van der Waals surface area contributed by atoms with Crippen LogP contribution in [0.5, 0.6) is 0 Å². The molecule has 0 aliphatic heterocycles. The van der Waals surface area contributed by atoms with Gasteiger partial charge in [-0.1, -0.05) is 13.8 Å². The molecule has 14 heavy (non-hydrogen) atoms. The molecule has 0 radical (unpaired) electrons. The highest BCUT2D eigenvalue weighted by Crippen LogP contribution is 2.18. The lowest BCUT2D eigenvalue weighted by atomic mass is 9.99. The molecule has 80 valence electrons. The van der Waals surface area contributed by atoms with Crippen LogP contribution in [0, 0.1) is 5.92 Å². The second kappa shape index (κ2) is 4.39. The number of H-pyrrole nitrogens is 1. The molecule has 2 unspecified atom stereocenters. The molecule has 0 aliphatic rings. The Morgan fingerprint density at radius 3 is 2.57 bits per heavy atom. The maximum atomic E-state index is 10.7. The van der Waals surface area contributed by atoms with Gasteiger partial charge in [0, 0.05) is 6.04 Å². The van der Waals surface area contributed by atoms with Crippen molar-refractivity contribution in [1.82, 2.24) is 15.5 Å². The molecule has 6 heteroatoms. The summed E-state index contributed by atoms with van der Waals surface area (Å²) in [7, 11) is 1.73. The van der Waals surface area contributed by atoms with Crippen LogP contribution in [0.4, 0.5) is 0 Å². The minimum Gasteiger partial charge on any atom is -0.390 e. The summed E-state index contributed by atoms with van der Waals surface area (Å²) < 4.78 is 4.67. The molecule has 0 spiro atoms. The summed E-state index contributed by atoms with van der Waals surface area (Å²) in [5.74, 6) is -0.433. The van der Waals surface area contributed by atoms with Gasteiger partial charge in [0.1, 0.15) is 6.10 Å². The quantitative estimate of drug-likeness (QED) is 0.618. The zero-order valence-electron chi connectivity index (χ0n) is 8.44. The Bertz CT molecular complexity index is 331. The fourth-order valence-electron chi connectivity index (χ4n) is 1.38. The van der Waals surface area contributed by atoms with Crippen LogP contribution in [0.15, 0.2) is 9.21 Å². The minimum atomic E-state index is -0.918. The smallest absolute Gasteiger partial charge is 0.390 e. The van der Waals surface area contributed by atoms with E-state index in [9.17, 15) is 9.90 Å². The Morgan fingerprint density at radius 2 is 2.21 bits per heavy atom. The fraction of sp³-hybridized carbons (Fsp3) is 0.750. The molecule has 0 amide bonds. The minimum absolute atomic E-state index is 0.0167. The Kier molecular flexibility index (Phi) is 3.43. The fourth-order valence-corrected chi connectivity index (χ4v) is 1.38. The van der Waals surface area contributed by atoms with Gasteiger partial charge in [0.25, 0.3) is 0 Å². The number of aliphatic hydroxyl groups is 1. The van der Waals surface area contributed by atoms with Crippen molar-refractivity contribution in [3.8, 4) is 0 Å². The number of likely N-dealkylation sites (N-methyl/N-ethyl adjacent to an activating group) is 1. The molecular weight excluding hydrogens is 186 g/mol. The Balaban J connectivity index is 2.82. The van der Waals surface area contributed by atoms with E-state index in [2.05, 4.69) is 19.9 Å². The molecule has 1 aromatic heterocycles. The first kappa shape index (κ1) is 10.9. The second-order valence-electron chi connectivity index (χ2n) is 3.45. The van der Waals surface area contributed by atoms with Crippen molar-refractivity contribution >= 4 is 0 Å². The van der Waals surface area contributed by atoms with Crippen LogP contribution in [-0.2, 0) is 0 Å².